The van der Waals surface area contributed by atoms with Crippen LogP contribution in [0.25, 0.3) is 0 Å². The third-order valence-corrected chi connectivity index (χ3v) is 4.06. The van der Waals surface area contributed by atoms with Gasteiger partial charge in [-0.05, 0) is 12.8 Å². The van der Waals surface area contributed by atoms with Crippen LogP contribution in [-0.4, -0.2) is 32.2 Å². The molecule has 4 N–H and O–H groups in total. The van der Waals surface area contributed by atoms with Gasteiger partial charge >= 0.3 is 0 Å². The van der Waals surface area contributed by atoms with E-state index in [4.69, 9.17) is 5.73 Å². The van der Waals surface area contributed by atoms with Crippen LogP contribution in [0.15, 0.2) is 17.9 Å². The zero-order valence-corrected chi connectivity index (χ0v) is 11.8. The van der Waals surface area contributed by atoms with Crippen molar-refractivity contribution in [3.8, 4) is 0 Å². The van der Waals surface area contributed by atoms with Crippen LogP contribution in [0.5, 0.6) is 0 Å². The fourth-order valence-electron chi connectivity index (χ4n) is 2.33. The molecule has 0 saturated heterocycles. The molecule has 0 unspecified atom stereocenters. The van der Waals surface area contributed by atoms with Gasteiger partial charge in [0, 0.05) is 12.1 Å². The Balaban J connectivity index is 1.67. The predicted octanol–water partition coefficient (Wildman–Crippen LogP) is 1.75. The Morgan fingerprint density at radius 3 is 2.95 bits per heavy atom. The van der Waals surface area contributed by atoms with E-state index in [2.05, 4.69) is 30.8 Å². The van der Waals surface area contributed by atoms with E-state index in [1.165, 1.54) is 24.2 Å². The molecule has 1 aliphatic carbocycles. The summed E-state index contributed by atoms with van der Waals surface area (Å²) in [6.45, 7) is 0. The number of nitrogens with one attached hydrogen (secondary N) is 2. The molecular formula is C12H17N7S. The molecule has 106 valence electrons. The first-order valence-corrected chi connectivity index (χ1v) is 7.56. The van der Waals surface area contributed by atoms with Crippen molar-refractivity contribution in [3.63, 3.8) is 0 Å². The maximum absolute atomic E-state index is 6.11. The second-order valence-corrected chi connectivity index (χ2v) is 5.74. The highest BCUT2D eigenvalue weighted by Gasteiger charge is 2.22. The van der Waals surface area contributed by atoms with E-state index >= 15 is 0 Å². The van der Waals surface area contributed by atoms with E-state index in [1.807, 2.05) is 0 Å². The minimum Gasteiger partial charge on any atom is -0.349 e. The van der Waals surface area contributed by atoms with Crippen molar-refractivity contribution in [1.29, 1.82) is 0 Å². The Labute approximate surface area is 121 Å². The topological polar surface area (TPSA) is 102 Å². The van der Waals surface area contributed by atoms with Crippen molar-refractivity contribution in [1.82, 2.24) is 20.2 Å². The molecule has 2 aromatic heterocycles. The number of nitrogens with two attached hydrogens (primary N) is 1. The molecule has 20 heavy (non-hydrogen) atoms. The van der Waals surface area contributed by atoms with E-state index in [9.17, 15) is 0 Å². The highest BCUT2D eigenvalue weighted by atomic mass is 32.1. The number of aromatic nitrogens is 4. The van der Waals surface area contributed by atoms with Gasteiger partial charge in [0.25, 0.3) is 0 Å². The van der Waals surface area contributed by atoms with Gasteiger partial charge in [-0.1, -0.05) is 12.8 Å². The molecule has 3 rings (SSSR count). The van der Waals surface area contributed by atoms with Crippen molar-refractivity contribution in [3.05, 3.63) is 17.9 Å². The Morgan fingerprint density at radius 1 is 1.25 bits per heavy atom. The van der Waals surface area contributed by atoms with E-state index in [1.54, 1.807) is 17.9 Å². The van der Waals surface area contributed by atoms with Gasteiger partial charge in [0.2, 0.25) is 5.95 Å². The van der Waals surface area contributed by atoms with E-state index in [0.717, 1.165) is 17.8 Å². The third-order valence-electron chi connectivity index (χ3n) is 3.38. The molecule has 2 heterocycles. The molecule has 2 aromatic rings. The standard InChI is InChI=1S/C12H17N7S/c13-8-3-1-2-4-9(8)16-12-18-10(5-15-19-12)17-11-6-14-7-20-11/h5-9H,1-4,13H2,(H2,16,17,18,19)/t8-,9+/m0/s1. The average Bonchev–Trinajstić information content (AvgIpc) is 2.95. The molecule has 0 bridgehead atoms. The van der Waals surface area contributed by atoms with E-state index < -0.39 is 0 Å². The first-order chi connectivity index (χ1) is 9.81. The van der Waals surface area contributed by atoms with Crippen LogP contribution >= 0.6 is 11.3 Å². The van der Waals surface area contributed by atoms with Gasteiger partial charge in [-0.3, -0.25) is 4.98 Å². The summed E-state index contributed by atoms with van der Waals surface area (Å²) >= 11 is 1.51. The Kier molecular flexibility index (Phi) is 4.03. The van der Waals surface area contributed by atoms with Crippen LogP contribution < -0.4 is 16.4 Å². The zero-order valence-electron chi connectivity index (χ0n) is 11.0. The number of anilines is 3. The van der Waals surface area contributed by atoms with Crippen molar-refractivity contribution in [2.24, 2.45) is 5.73 Å². The Morgan fingerprint density at radius 2 is 2.15 bits per heavy atom. The number of thiazole rings is 1. The molecular weight excluding hydrogens is 274 g/mol. The molecule has 0 radical (unpaired) electrons. The SMILES string of the molecule is N[C@H]1CCCC[C@H]1Nc1nncc(Nc2cncs2)n1. The monoisotopic (exact) mass is 291 g/mol. The summed E-state index contributed by atoms with van der Waals surface area (Å²) in [5, 5.41) is 15.3. The summed E-state index contributed by atoms with van der Waals surface area (Å²) in [6, 6.07) is 0.384. The molecule has 0 aliphatic heterocycles. The second kappa shape index (κ2) is 6.10. The zero-order chi connectivity index (χ0) is 13.8. The van der Waals surface area contributed by atoms with Crippen molar-refractivity contribution in [2.45, 2.75) is 37.8 Å². The number of nitrogens with zero attached hydrogens (tertiary/aromatic N) is 4. The van der Waals surface area contributed by atoms with Gasteiger partial charge in [0.15, 0.2) is 5.82 Å². The number of hydrogen-bond donors (Lipinski definition) is 3. The summed E-state index contributed by atoms with van der Waals surface area (Å²) in [5.74, 6) is 1.16. The van der Waals surface area contributed by atoms with Crippen LogP contribution in [0, 0.1) is 0 Å². The van der Waals surface area contributed by atoms with Gasteiger partial charge in [0.1, 0.15) is 5.00 Å². The molecule has 7 nitrogen and oxygen atoms in total. The van der Waals surface area contributed by atoms with Crippen LogP contribution in [0.4, 0.5) is 16.8 Å². The fourth-order valence-corrected chi connectivity index (χ4v) is 2.85. The van der Waals surface area contributed by atoms with E-state index in [-0.39, 0.29) is 12.1 Å². The van der Waals surface area contributed by atoms with Crippen molar-refractivity contribution >= 4 is 28.1 Å². The van der Waals surface area contributed by atoms with E-state index in [0.29, 0.717) is 11.8 Å². The van der Waals surface area contributed by atoms with Crippen molar-refractivity contribution in [2.75, 3.05) is 10.6 Å². The van der Waals surface area contributed by atoms with Gasteiger partial charge in [-0.25, -0.2) is 0 Å². The molecule has 2 atom stereocenters. The average molecular weight is 291 g/mol. The number of hydrogen-bond acceptors (Lipinski definition) is 8. The largest absolute Gasteiger partial charge is 0.349 e. The molecule has 8 heteroatoms. The van der Waals surface area contributed by atoms with Crippen LogP contribution in [0.2, 0.25) is 0 Å². The lowest BCUT2D eigenvalue weighted by Crippen LogP contribution is -2.43. The summed E-state index contributed by atoms with van der Waals surface area (Å²) in [5.41, 5.74) is 7.87. The normalized spacial score (nSPS) is 22.4. The predicted molar refractivity (Wildman–Crippen MR) is 79.1 cm³/mol. The Bertz CT molecular complexity index is 544. The van der Waals surface area contributed by atoms with Gasteiger partial charge in [-0.2, -0.15) is 10.1 Å². The highest BCUT2D eigenvalue weighted by Crippen LogP contribution is 2.21. The lowest BCUT2D eigenvalue weighted by atomic mass is 9.91. The lowest BCUT2D eigenvalue weighted by Gasteiger charge is -2.29. The smallest absolute Gasteiger partial charge is 0.244 e. The quantitative estimate of drug-likeness (QED) is 0.788. The molecule has 0 aromatic carbocycles. The molecule has 0 spiro atoms. The van der Waals surface area contributed by atoms with Crippen LogP contribution in [0.1, 0.15) is 25.7 Å². The first kappa shape index (κ1) is 13.2. The molecule has 1 aliphatic rings. The lowest BCUT2D eigenvalue weighted by molar-refractivity contribution is 0.402. The molecule has 1 fully saturated rings. The third kappa shape index (κ3) is 3.20. The van der Waals surface area contributed by atoms with Gasteiger partial charge in [-0.15, -0.1) is 16.4 Å². The first-order valence-electron chi connectivity index (χ1n) is 6.68. The minimum absolute atomic E-state index is 0.158. The fraction of sp³-hybridized carbons (Fsp3) is 0.500. The summed E-state index contributed by atoms with van der Waals surface area (Å²) < 4.78 is 0. The summed E-state index contributed by atoms with van der Waals surface area (Å²) in [6.07, 6.45) is 7.83. The van der Waals surface area contributed by atoms with Crippen LogP contribution in [-0.2, 0) is 0 Å². The minimum atomic E-state index is 0.158. The second-order valence-electron chi connectivity index (χ2n) is 4.86. The molecule has 0 amide bonds. The maximum Gasteiger partial charge on any atom is 0.244 e. The highest BCUT2D eigenvalue weighted by molar-refractivity contribution is 7.13. The summed E-state index contributed by atoms with van der Waals surface area (Å²) in [7, 11) is 0. The van der Waals surface area contributed by atoms with Gasteiger partial charge < -0.3 is 16.4 Å². The van der Waals surface area contributed by atoms with Gasteiger partial charge in [0.05, 0.1) is 17.9 Å². The summed E-state index contributed by atoms with van der Waals surface area (Å²) in [4.78, 5) is 8.41. The Hall–Kier alpha value is -1.80. The molecule has 1 saturated carbocycles. The van der Waals surface area contributed by atoms with Crippen LogP contribution in [0.3, 0.4) is 0 Å². The number of rotatable bonds is 4. The van der Waals surface area contributed by atoms with Crippen molar-refractivity contribution < 1.29 is 0 Å². The maximum atomic E-state index is 6.11.